The number of amides is 2. The van der Waals surface area contributed by atoms with Crippen LogP contribution in [0.1, 0.15) is 25.6 Å². The van der Waals surface area contributed by atoms with Crippen molar-refractivity contribution >= 4 is 40.5 Å². The zero-order valence-electron chi connectivity index (χ0n) is 11.2. The molecule has 21 heavy (non-hydrogen) atoms. The molecule has 1 aromatic carbocycles. The van der Waals surface area contributed by atoms with Gasteiger partial charge in [0.15, 0.2) is 5.11 Å². The van der Waals surface area contributed by atoms with Gasteiger partial charge in [-0.3, -0.25) is 25.8 Å². The molecular formula is C14H13N3O2S2. The molecule has 0 atom stereocenters. The number of carbonyl (C=O) groups excluding carboxylic acids is 2. The third-order valence-corrected chi connectivity index (χ3v) is 3.65. The van der Waals surface area contributed by atoms with E-state index in [2.05, 4.69) is 16.2 Å². The average Bonchev–Trinajstić information content (AvgIpc) is 3.00. The van der Waals surface area contributed by atoms with E-state index in [1.165, 1.54) is 11.3 Å². The van der Waals surface area contributed by atoms with Crippen LogP contribution in [0.25, 0.3) is 0 Å². The fourth-order valence-corrected chi connectivity index (χ4v) is 2.26. The highest BCUT2D eigenvalue weighted by molar-refractivity contribution is 7.80. The Hall–Kier alpha value is -2.25. The maximum atomic E-state index is 11.8. The van der Waals surface area contributed by atoms with E-state index < -0.39 is 0 Å². The molecule has 0 saturated carbocycles. The summed E-state index contributed by atoms with van der Waals surface area (Å²) in [5.74, 6) is -0.644. The first-order valence-corrected chi connectivity index (χ1v) is 7.37. The summed E-state index contributed by atoms with van der Waals surface area (Å²) < 4.78 is 0. The number of hydrogen-bond acceptors (Lipinski definition) is 4. The predicted octanol–water partition coefficient (Wildman–Crippen LogP) is 2.01. The number of rotatable bonds is 2. The summed E-state index contributed by atoms with van der Waals surface area (Å²) >= 11 is 6.25. The Morgan fingerprint density at radius 1 is 1.05 bits per heavy atom. The van der Waals surface area contributed by atoms with Crippen LogP contribution in [0.5, 0.6) is 0 Å². The topological polar surface area (TPSA) is 70.2 Å². The van der Waals surface area contributed by atoms with Gasteiger partial charge >= 0.3 is 0 Å². The monoisotopic (exact) mass is 319 g/mol. The van der Waals surface area contributed by atoms with Gasteiger partial charge in [-0.25, -0.2) is 0 Å². The SMILES string of the molecule is Cc1ccc(C(=O)NNC(=S)NC(=O)c2cccs2)cc1. The smallest absolute Gasteiger partial charge is 0.269 e. The largest absolute Gasteiger partial charge is 0.297 e. The summed E-state index contributed by atoms with van der Waals surface area (Å²) in [4.78, 5) is 24.1. The summed E-state index contributed by atoms with van der Waals surface area (Å²) in [6.45, 7) is 1.94. The van der Waals surface area contributed by atoms with Gasteiger partial charge in [0.1, 0.15) is 0 Å². The van der Waals surface area contributed by atoms with E-state index in [1.54, 1.807) is 29.6 Å². The minimum absolute atomic E-state index is 0.0360. The maximum absolute atomic E-state index is 11.8. The molecule has 2 rings (SSSR count). The second kappa shape index (κ2) is 6.96. The van der Waals surface area contributed by atoms with Crippen molar-refractivity contribution in [2.24, 2.45) is 0 Å². The lowest BCUT2D eigenvalue weighted by Gasteiger charge is -2.10. The maximum Gasteiger partial charge on any atom is 0.269 e. The number of benzene rings is 1. The Morgan fingerprint density at radius 3 is 2.38 bits per heavy atom. The van der Waals surface area contributed by atoms with Gasteiger partial charge in [-0.15, -0.1) is 11.3 Å². The first-order chi connectivity index (χ1) is 10.1. The minimum Gasteiger partial charge on any atom is -0.297 e. The molecule has 5 nitrogen and oxygen atoms in total. The Labute approximate surface area is 131 Å². The highest BCUT2D eigenvalue weighted by atomic mass is 32.1. The van der Waals surface area contributed by atoms with E-state index in [4.69, 9.17) is 12.2 Å². The number of nitrogens with one attached hydrogen (secondary N) is 3. The lowest BCUT2D eigenvalue weighted by Crippen LogP contribution is -2.48. The van der Waals surface area contributed by atoms with Crippen LogP contribution < -0.4 is 16.2 Å². The number of hydrogen-bond donors (Lipinski definition) is 3. The van der Waals surface area contributed by atoms with Gasteiger partial charge in [0, 0.05) is 5.56 Å². The molecule has 0 fully saturated rings. The molecule has 0 aliphatic rings. The third kappa shape index (κ3) is 4.37. The van der Waals surface area contributed by atoms with Crippen LogP contribution in [0.3, 0.4) is 0 Å². The Balaban J connectivity index is 1.82. The van der Waals surface area contributed by atoms with Gasteiger partial charge in [0.25, 0.3) is 11.8 Å². The number of thiocarbonyl (C=S) groups is 1. The zero-order valence-corrected chi connectivity index (χ0v) is 12.8. The van der Waals surface area contributed by atoms with Crippen LogP contribution in [0, 0.1) is 6.92 Å². The van der Waals surface area contributed by atoms with E-state index >= 15 is 0 Å². The van der Waals surface area contributed by atoms with Crippen LogP contribution in [0.15, 0.2) is 41.8 Å². The highest BCUT2D eigenvalue weighted by Gasteiger charge is 2.09. The van der Waals surface area contributed by atoms with Crippen molar-refractivity contribution in [3.63, 3.8) is 0 Å². The molecule has 0 bridgehead atoms. The predicted molar refractivity (Wildman–Crippen MR) is 86.2 cm³/mol. The average molecular weight is 319 g/mol. The summed E-state index contributed by atoms with van der Waals surface area (Å²) in [5, 5.41) is 4.31. The molecule has 1 aromatic heterocycles. The number of hydrazine groups is 1. The molecule has 0 saturated heterocycles. The zero-order chi connectivity index (χ0) is 15.2. The van der Waals surface area contributed by atoms with Crippen molar-refractivity contribution in [2.45, 2.75) is 6.92 Å². The normalized spacial score (nSPS) is 9.76. The van der Waals surface area contributed by atoms with Gasteiger partial charge in [-0.1, -0.05) is 23.8 Å². The van der Waals surface area contributed by atoms with E-state index in [9.17, 15) is 9.59 Å². The van der Waals surface area contributed by atoms with Crippen molar-refractivity contribution < 1.29 is 9.59 Å². The molecule has 0 aliphatic heterocycles. The van der Waals surface area contributed by atoms with Crippen molar-refractivity contribution in [2.75, 3.05) is 0 Å². The van der Waals surface area contributed by atoms with Crippen molar-refractivity contribution in [1.82, 2.24) is 16.2 Å². The molecular weight excluding hydrogens is 306 g/mol. The molecule has 7 heteroatoms. The first-order valence-electron chi connectivity index (χ1n) is 6.08. The Morgan fingerprint density at radius 2 is 1.76 bits per heavy atom. The highest BCUT2D eigenvalue weighted by Crippen LogP contribution is 2.07. The second-order valence-electron chi connectivity index (χ2n) is 4.21. The van der Waals surface area contributed by atoms with E-state index in [-0.39, 0.29) is 16.9 Å². The molecule has 1 heterocycles. The molecule has 0 unspecified atom stereocenters. The van der Waals surface area contributed by atoms with Crippen LogP contribution in [0.4, 0.5) is 0 Å². The minimum atomic E-state index is -0.331. The summed E-state index contributed by atoms with van der Waals surface area (Å²) in [6, 6.07) is 10.6. The number of carbonyl (C=O) groups is 2. The molecule has 0 aliphatic carbocycles. The molecule has 108 valence electrons. The van der Waals surface area contributed by atoms with Crippen LogP contribution in [-0.4, -0.2) is 16.9 Å². The lowest BCUT2D eigenvalue weighted by molar-refractivity contribution is 0.0935. The summed E-state index contributed by atoms with van der Waals surface area (Å²) in [7, 11) is 0. The number of aryl methyl sites for hydroxylation is 1. The van der Waals surface area contributed by atoms with Crippen molar-refractivity contribution in [3.05, 3.63) is 57.8 Å². The second-order valence-corrected chi connectivity index (χ2v) is 5.56. The van der Waals surface area contributed by atoms with E-state index in [1.807, 2.05) is 19.1 Å². The quantitative estimate of drug-likeness (QED) is 0.585. The fourth-order valence-electron chi connectivity index (χ4n) is 1.49. The Bertz CT molecular complexity index is 651. The first kappa shape index (κ1) is 15.1. The summed E-state index contributed by atoms with van der Waals surface area (Å²) in [6.07, 6.45) is 0. The number of thiophene rings is 1. The van der Waals surface area contributed by atoms with Crippen LogP contribution >= 0.6 is 23.6 Å². The molecule has 0 spiro atoms. The van der Waals surface area contributed by atoms with E-state index in [0.29, 0.717) is 10.4 Å². The molecule has 2 amide bonds. The van der Waals surface area contributed by atoms with Crippen LogP contribution in [-0.2, 0) is 0 Å². The lowest BCUT2D eigenvalue weighted by atomic mass is 10.1. The summed E-state index contributed by atoms with van der Waals surface area (Å²) in [5.41, 5.74) is 6.49. The standard InChI is InChI=1S/C14H13N3O2S2/c1-9-4-6-10(7-5-9)12(18)16-17-14(20)15-13(19)11-3-2-8-21-11/h2-8H,1H3,(H,16,18)(H2,15,17,19,20). The fraction of sp³-hybridized carbons (Fsp3) is 0.0714. The van der Waals surface area contributed by atoms with Gasteiger partial charge in [-0.05, 0) is 42.7 Å². The van der Waals surface area contributed by atoms with Gasteiger partial charge in [-0.2, -0.15) is 0 Å². The van der Waals surface area contributed by atoms with E-state index in [0.717, 1.165) is 5.56 Å². The van der Waals surface area contributed by atoms with Crippen LogP contribution in [0.2, 0.25) is 0 Å². The van der Waals surface area contributed by atoms with Gasteiger partial charge in [0.2, 0.25) is 0 Å². The third-order valence-electron chi connectivity index (χ3n) is 2.58. The molecule has 2 aromatic rings. The van der Waals surface area contributed by atoms with Gasteiger partial charge in [0.05, 0.1) is 4.88 Å². The molecule has 0 radical (unpaired) electrons. The van der Waals surface area contributed by atoms with Crippen molar-refractivity contribution in [1.29, 1.82) is 0 Å². The van der Waals surface area contributed by atoms with Crippen molar-refractivity contribution in [3.8, 4) is 0 Å². The Kier molecular flexibility index (Phi) is 5.02. The molecule has 3 N–H and O–H groups in total. The van der Waals surface area contributed by atoms with Gasteiger partial charge < -0.3 is 0 Å².